The summed E-state index contributed by atoms with van der Waals surface area (Å²) in [4.78, 5) is 0. The molecule has 3 rings (SSSR count). The quantitative estimate of drug-likeness (QED) is 0.606. The van der Waals surface area contributed by atoms with Crippen LogP contribution in [-0.4, -0.2) is 4.57 Å². The molecule has 72 valence electrons. The van der Waals surface area contributed by atoms with Crippen LogP contribution in [0.2, 0.25) is 0 Å². The zero-order valence-corrected chi connectivity index (χ0v) is 7.56. The smallest absolute Gasteiger partial charge is 0.168 e. The van der Waals surface area contributed by atoms with Crippen molar-refractivity contribution >= 4 is 10.9 Å². The molecule has 0 atom stereocenters. The van der Waals surface area contributed by atoms with E-state index in [1.165, 1.54) is 6.07 Å². The lowest BCUT2D eigenvalue weighted by molar-refractivity contribution is 0.513. The van der Waals surface area contributed by atoms with E-state index in [0.29, 0.717) is 5.39 Å². The van der Waals surface area contributed by atoms with Crippen LogP contribution in [0.3, 0.4) is 0 Å². The van der Waals surface area contributed by atoms with Crippen LogP contribution in [-0.2, 0) is 13.0 Å². The highest BCUT2D eigenvalue weighted by molar-refractivity contribution is 5.84. The topological polar surface area (TPSA) is 4.93 Å². The minimum absolute atomic E-state index is 0.416. The molecular weight excluding hydrogens is 184 g/mol. The molecule has 0 radical (unpaired) electrons. The van der Waals surface area contributed by atoms with Gasteiger partial charge in [0.25, 0.3) is 0 Å². The van der Waals surface area contributed by atoms with Crippen molar-refractivity contribution in [2.45, 2.75) is 19.4 Å². The van der Waals surface area contributed by atoms with Crippen molar-refractivity contribution in [3.05, 3.63) is 35.5 Å². The van der Waals surface area contributed by atoms with Gasteiger partial charge in [-0.1, -0.05) is 0 Å². The SMILES string of the molecule is Fc1cc2c3c(ccn3CCC2)c1F. The molecule has 0 saturated heterocycles. The average molecular weight is 193 g/mol. The van der Waals surface area contributed by atoms with Gasteiger partial charge < -0.3 is 4.57 Å². The molecule has 2 aromatic rings. The Hall–Kier alpha value is -1.38. The summed E-state index contributed by atoms with van der Waals surface area (Å²) in [6.45, 7) is 0.904. The summed E-state index contributed by atoms with van der Waals surface area (Å²) in [7, 11) is 0. The van der Waals surface area contributed by atoms with E-state index < -0.39 is 11.6 Å². The second-order valence-electron chi connectivity index (χ2n) is 3.71. The summed E-state index contributed by atoms with van der Waals surface area (Å²) in [5, 5.41) is 0.416. The van der Waals surface area contributed by atoms with Crippen LogP contribution in [0.15, 0.2) is 18.3 Å². The number of benzene rings is 1. The third-order valence-corrected chi connectivity index (χ3v) is 2.86. The Kier molecular flexibility index (Phi) is 1.46. The first-order valence-electron chi connectivity index (χ1n) is 4.73. The van der Waals surface area contributed by atoms with E-state index in [0.717, 1.165) is 30.5 Å². The number of hydrogen-bond acceptors (Lipinski definition) is 0. The second-order valence-corrected chi connectivity index (χ2v) is 3.71. The average Bonchev–Trinajstić information content (AvgIpc) is 2.60. The van der Waals surface area contributed by atoms with Gasteiger partial charge in [0.15, 0.2) is 11.6 Å². The van der Waals surface area contributed by atoms with Gasteiger partial charge in [-0.3, -0.25) is 0 Å². The van der Waals surface area contributed by atoms with Crippen molar-refractivity contribution in [2.75, 3.05) is 0 Å². The van der Waals surface area contributed by atoms with Crippen molar-refractivity contribution in [2.24, 2.45) is 0 Å². The molecule has 0 saturated carbocycles. The molecule has 1 aliphatic rings. The monoisotopic (exact) mass is 193 g/mol. The fraction of sp³-hybridized carbons (Fsp3) is 0.273. The Morgan fingerprint density at radius 2 is 2.14 bits per heavy atom. The number of rotatable bonds is 0. The molecule has 0 N–H and O–H groups in total. The lowest BCUT2D eigenvalue weighted by Gasteiger charge is -2.15. The van der Waals surface area contributed by atoms with E-state index >= 15 is 0 Å². The molecule has 3 heteroatoms. The van der Waals surface area contributed by atoms with Crippen LogP contribution >= 0.6 is 0 Å². The summed E-state index contributed by atoms with van der Waals surface area (Å²) in [6, 6.07) is 2.98. The Morgan fingerprint density at radius 1 is 1.29 bits per heavy atom. The van der Waals surface area contributed by atoms with Gasteiger partial charge in [0.2, 0.25) is 0 Å². The molecule has 1 nitrogen and oxygen atoms in total. The van der Waals surface area contributed by atoms with Gasteiger partial charge in [-0.2, -0.15) is 0 Å². The van der Waals surface area contributed by atoms with Crippen LogP contribution in [0.5, 0.6) is 0 Å². The van der Waals surface area contributed by atoms with Crippen molar-refractivity contribution in [3.8, 4) is 0 Å². The van der Waals surface area contributed by atoms with E-state index in [1.807, 2.05) is 10.8 Å². The van der Waals surface area contributed by atoms with Crippen molar-refractivity contribution < 1.29 is 8.78 Å². The number of aromatic nitrogens is 1. The van der Waals surface area contributed by atoms with Crippen LogP contribution < -0.4 is 0 Å². The Bertz CT molecular complexity index is 513. The largest absolute Gasteiger partial charge is 0.347 e. The van der Waals surface area contributed by atoms with Crippen LogP contribution in [0.25, 0.3) is 10.9 Å². The lowest BCUT2D eigenvalue weighted by Crippen LogP contribution is -2.07. The highest BCUT2D eigenvalue weighted by atomic mass is 19.2. The predicted molar refractivity (Wildman–Crippen MR) is 50.2 cm³/mol. The van der Waals surface area contributed by atoms with Crippen LogP contribution in [0, 0.1) is 11.6 Å². The number of nitrogens with zero attached hydrogens (tertiary/aromatic N) is 1. The van der Waals surface area contributed by atoms with E-state index in [9.17, 15) is 8.78 Å². The van der Waals surface area contributed by atoms with Gasteiger partial charge in [-0.15, -0.1) is 0 Å². The number of hydrogen-bond donors (Lipinski definition) is 0. The minimum atomic E-state index is -0.729. The zero-order valence-electron chi connectivity index (χ0n) is 7.56. The van der Waals surface area contributed by atoms with Gasteiger partial charge in [0.05, 0.1) is 5.52 Å². The second kappa shape index (κ2) is 2.56. The Balaban J connectivity index is 2.50. The minimum Gasteiger partial charge on any atom is -0.347 e. The van der Waals surface area contributed by atoms with Crippen LogP contribution in [0.1, 0.15) is 12.0 Å². The number of aryl methyl sites for hydroxylation is 2. The van der Waals surface area contributed by atoms with E-state index in [4.69, 9.17) is 0 Å². The van der Waals surface area contributed by atoms with Gasteiger partial charge in [0, 0.05) is 18.1 Å². The molecular formula is C11H9F2N. The molecule has 2 heterocycles. The first-order valence-corrected chi connectivity index (χ1v) is 4.73. The maximum atomic E-state index is 13.4. The highest BCUT2D eigenvalue weighted by Gasteiger charge is 2.17. The summed E-state index contributed by atoms with van der Waals surface area (Å²) in [6.07, 6.45) is 3.68. The molecule has 0 fully saturated rings. The van der Waals surface area contributed by atoms with Crippen molar-refractivity contribution in [1.82, 2.24) is 4.57 Å². The molecule has 0 amide bonds. The fourth-order valence-electron chi connectivity index (χ4n) is 2.24. The molecule has 1 aromatic heterocycles. The molecule has 0 unspecified atom stereocenters. The maximum Gasteiger partial charge on any atom is 0.168 e. The summed E-state index contributed by atoms with van der Waals surface area (Å²) < 4.78 is 28.5. The molecule has 0 spiro atoms. The van der Waals surface area contributed by atoms with Gasteiger partial charge in [0.1, 0.15) is 0 Å². The Labute approximate surface area is 80.0 Å². The maximum absolute atomic E-state index is 13.4. The number of halogens is 2. The van der Waals surface area contributed by atoms with Crippen LogP contribution in [0.4, 0.5) is 8.78 Å². The fourth-order valence-corrected chi connectivity index (χ4v) is 2.24. The molecule has 0 aliphatic carbocycles. The Morgan fingerprint density at radius 3 is 3.00 bits per heavy atom. The highest BCUT2D eigenvalue weighted by Crippen LogP contribution is 2.29. The molecule has 1 aliphatic heterocycles. The zero-order chi connectivity index (χ0) is 9.71. The predicted octanol–water partition coefficient (Wildman–Crippen LogP) is 2.87. The van der Waals surface area contributed by atoms with Crippen molar-refractivity contribution in [3.63, 3.8) is 0 Å². The van der Waals surface area contributed by atoms with Crippen molar-refractivity contribution in [1.29, 1.82) is 0 Å². The summed E-state index contributed by atoms with van der Waals surface area (Å²) in [5.41, 5.74) is 1.80. The first kappa shape index (κ1) is 7.97. The molecule has 14 heavy (non-hydrogen) atoms. The third-order valence-electron chi connectivity index (χ3n) is 2.86. The standard InChI is InChI=1S/C11H9F2N/c12-9-6-7-2-1-4-14-5-3-8(10(9)13)11(7)14/h3,5-6H,1-2,4H2. The van der Waals surface area contributed by atoms with Gasteiger partial charge in [-0.25, -0.2) is 8.78 Å². The van der Waals surface area contributed by atoms with E-state index in [1.54, 1.807) is 6.07 Å². The summed E-state index contributed by atoms with van der Waals surface area (Å²) >= 11 is 0. The lowest BCUT2D eigenvalue weighted by atomic mass is 10.0. The summed E-state index contributed by atoms with van der Waals surface area (Å²) in [5.74, 6) is -1.45. The van der Waals surface area contributed by atoms with E-state index in [2.05, 4.69) is 0 Å². The first-order chi connectivity index (χ1) is 6.77. The molecule has 0 bridgehead atoms. The van der Waals surface area contributed by atoms with Gasteiger partial charge in [-0.05, 0) is 30.5 Å². The normalized spacial score (nSPS) is 15.0. The third kappa shape index (κ3) is 0.870. The van der Waals surface area contributed by atoms with Gasteiger partial charge >= 0.3 is 0 Å². The van der Waals surface area contributed by atoms with E-state index in [-0.39, 0.29) is 0 Å². The molecule has 1 aromatic carbocycles.